The second kappa shape index (κ2) is 5.07. The zero-order chi connectivity index (χ0) is 16.3. The maximum atomic E-state index is 13.0. The molecule has 0 amide bonds. The average molecular weight is 327 g/mol. The number of aryl methyl sites for hydroxylation is 1. The van der Waals surface area contributed by atoms with Gasteiger partial charge in [0, 0.05) is 30.7 Å². The lowest BCUT2D eigenvalue weighted by Gasteiger charge is -2.41. The van der Waals surface area contributed by atoms with Gasteiger partial charge in [-0.3, -0.25) is 4.79 Å². The summed E-state index contributed by atoms with van der Waals surface area (Å²) in [5, 5.41) is 0. The second-order valence-electron chi connectivity index (χ2n) is 6.94. The zero-order valence-electron chi connectivity index (χ0n) is 13.8. The number of allylic oxidation sites excluding steroid dienone is 2. The molecule has 0 N–H and O–H groups in total. The highest BCUT2D eigenvalue weighted by Gasteiger charge is 2.55. The van der Waals surface area contributed by atoms with Crippen molar-refractivity contribution < 1.29 is 19.0 Å². The molecule has 1 aromatic carbocycles. The van der Waals surface area contributed by atoms with Crippen LogP contribution in [-0.4, -0.2) is 49.4 Å². The fourth-order valence-electron chi connectivity index (χ4n) is 4.79. The van der Waals surface area contributed by atoms with E-state index >= 15 is 0 Å². The van der Waals surface area contributed by atoms with E-state index in [0.717, 1.165) is 42.7 Å². The van der Waals surface area contributed by atoms with Crippen molar-refractivity contribution in [1.29, 1.82) is 0 Å². The van der Waals surface area contributed by atoms with Crippen molar-refractivity contribution in [3.05, 3.63) is 35.0 Å². The molecule has 0 aromatic heterocycles. The molecule has 3 aliphatic heterocycles. The fourth-order valence-corrected chi connectivity index (χ4v) is 4.79. The van der Waals surface area contributed by atoms with Gasteiger partial charge in [0.25, 0.3) is 0 Å². The van der Waals surface area contributed by atoms with Crippen LogP contribution in [0.1, 0.15) is 30.4 Å². The summed E-state index contributed by atoms with van der Waals surface area (Å²) >= 11 is 0. The first kappa shape index (κ1) is 14.5. The number of hydrogen-bond donors (Lipinski definition) is 0. The fraction of sp³-hybridized carbons (Fsp3) is 0.526. The van der Waals surface area contributed by atoms with Crippen LogP contribution in [0.3, 0.4) is 0 Å². The minimum Gasteiger partial charge on any atom is -0.497 e. The molecule has 0 bridgehead atoms. The molecule has 0 radical (unpaired) electrons. The van der Waals surface area contributed by atoms with Gasteiger partial charge >= 0.3 is 0 Å². The molecular formula is C19H21NO4. The summed E-state index contributed by atoms with van der Waals surface area (Å²) in [6.07, 6.45) is 3.16. The maximum Gasteiger partial charge on any atom is 0.191 e. The molecule has 3 heterocycles. The van der Waals surface area contributed by atoms with E-state index in [1.54, 1.807) is 7.11 Å². The van der Waals surface area contributed by atoms with Crippen molar-refractivity contribution in [2.24, 2.45) is 0 Å². The molecule has 5 rings (SSSR count). The highest BCUT2D eigenvalue weighted by molar-refractivity contribution is 6.23. The van der Waals surface area contributed by atoms with Crippen LogP contribution in [0, 0.1) is 0 Å². The van der Waals surface area contributed by atoms with Gasteiger partial charge in [0.2, 0.25) is 0 Å². The van der Waals surface area contributed by atoms with E-state index in [-0.39, 0.29) is 11.8 Å². The van der Waals surface area contributed by atoms with Crippen molar-refractivity contribution >= 4 is 11.4 Å². The van der Waals surface area contributed by atoms with E-state index in [1.165, 1.54) is 11.3 Å². The Hall–Kier alpha value is -1.85. The van der Waals surface area contributed by atoms with E-state index in [0.29, 0.717) is 19.6 Å². The smallest absolute Gasteiger partial charge is 0.191 e. The number of methoxy groups -OCH3 is 1. The third kappa shape index (κ3) is 1.85. The summed E-state index contributed by atoms with van der Waals surface area (Å²) in [5.41, 5.74) is 4.38. The number of ether oxygens (including phenoxy) is 3. The molecule has 1 atom stereocenters. The lowest BCUT2D eigenvalue weighted by atomic mass is 9.81. The molecule has 126 valence electrons. The Balaban J connectivity index is 1.59. The number of nitrogens with zero attached hydrogens (tertiary/aromatic N) is 1. The predicted octanol–water partition coefficient (Wildman–Crippen LogP) is 2.14. The Morgan fingerprint density at radius 1 is 1.25 bits per heavy atom. The number of Topliss-reactive ketones (excluding diaryl/α,β-unsaturated/α-hetero) is 1. The minimum absolute atomic E-state index is 0.0334. The Kier molecular flexibility index (Phi) is 3.06. The standard InChI is InChI=1S/C19H21NO4/c1-22-13-3-4-14-12(10-13)2-5-15-18(14)16(21)11-17-19(6-7-20(15)17)23-8-9-24-19/h3-4,10,17H,2,5-9,11H2,1H3. The number of rotatable bonds is 1. The number of hydrogen-bond acceptors (Lipinski definition) is 5. The van der Waals surface area contributed by atoms with Gasteiger partial charge in [-0.2, -0.15) is 0 Å². The first-order chi connectivity index (χ1) is 11.7. The summed E-state index contributed by atoms with van der Waals surface area (Å²) in [6.45, 7) is 2.17. The first-order valence-electron chi connectivity index (χ1n) is 8.70. The topological polar surface area (TPSA) is 48.0 Å². The number of ketones is 1. The van der Waals surface area contributed by atoms with Crippen LogP contribution in [0.5, 0.6) is 5.75 Å². The Morgan fingerprint density at radius 2 is 2.08 bits per heavy atom. The van der Waals surface area contributed by atoms with Crippen molar-refractivity contribution in [2.75, 3.05) is 26.9 Å². The molecule has 1 aromatic rings. The maximum absolute atomic E-state index is 13.0. The SMILES string of the molecule is COc1ccc2c(c1)CCC1=C2C(=O)CC2N1CCC21OCCO1. The Bertz CT molecular complexity index is 748. The molecular weight excluding hydrogens is 306 g/mol. The molecule has 2 fully saturated rings. The van der Waals surface area contributed by atoms with Crippen LogP contribution in [0.2, 0.25) is 0 Å². The first-order valence-corrected chi connectivity index (χ1v) is 8.70. The van der Waals surface area contributed by atoms with Crippen LogP contribution in [0.15, 0.2) is 23.9 Å². The molecule has 1 aliphatic carbocycles. The number of benzene rings is 1. The summed E-state index contributed by atoms with van der Waals surface area (Å²) in [6, 6.07) is 6.08. The molecule has 5 nitrogen and oxygen atoms in total. The number of carbonyl (C=O) groups is 1. The highest BCUT2D eigenvalue weighted by atomic mass is 16.7. The van der Waals surface area contributed by atoms with Crippen molar-refractivity contribution in [2.45, 2.75) is 37.5 Å². The Morgan fingerprint density at radius 3 is 2.88 bits per heavy atom. The summed E-state index contributed by atoms with van der Waals surface area (Å²) in [7, 11) is 1.68. The van der Waals surface area contributed by atoms with Gasteiger partial charge in [-0.25, -0.2) is 0 Å². The zero-order valence-corrected chi connectivity index (χ0v) is 13.8. The third-order valence-corrected chi connectivity index (χ3v) is 5.87. The van der Waals surface area contributed by atoms with Gasteiger partial charge < -0.3 is 19.1 Å². The molecule has 0 saturated carbocycles. The predicted molar refractivity (Wildman–Crippen MR) is 87.6 cm³/mol. The molecule has 1 spiro atoms. The average Bonchev–Trinajstić information content (AvgIpc) is 3.23. The largest absolute Gasteiger partial charge is 0.497 e. The molecule has 24 heavy (non-hydrogen) atoms. The molecule has 5 heteroatoms. The van der Waals surface area contributed by atoms with Gasteiger partial charge in [0.05, 0.1) is 26.4 Å². The molecule has 1 unspecified atom stereocenters. The van der Waals surface area contributed by atoms with E-state index in [9.17, 15) is 4.79 Å². The van der Waals surface area contributed by atoms with Crippen molar-refractivity contribution in [1.82, 2.24) is 4.90 Å². The second-order valence-corrected chi connectivity index (χ2v) is 6.94. The quantitative estimate of drug-likeness (QED) is 0.791. The van der Waals surface area contributed by atoms with Crippen LogP contribution in [0.25, 0.3) is 5.57 Å². The third-order valence-electron chi connectivity index (χ3n) is 5.87. The summed E-state index contributed by atoms with van der Waals surface area (Å²) in [4.78, 5) is 15.4. The van der Waals surface area contributed by atoms with E-state index in [4.69, 9.17) is 14.2 Å². The summed E-state index contributed by atoms with van der Waals surface area (Å²) in [5.74, 6) is 0.513. The van der Waals surface area contributed by atoms with Gasteiger partial charge in [0.1, 0.15) is 5.75 Å². The number of fused-ring (bicyclic) bond motifs is 5. The monoisotopic (exact) mass is 327 g/mol. The van der Waals surface area contributed by atoms with Gasteiger partial charge in [0.15, 0.2) is 11.6 Å². The van der Waals surface area contributed by atoms with Crippen molar-refractivity contribution in [3.63, 3.8) is 0 Å². The van der Waals surface area contributed by atoms with Crippen LogP contribution < -0.4 is 4.74 Å². The lowest BCUT2D eigenvalue weighted by molar-refractivity contribution is -0.174. The van der Waals surface area contributed by atoms with Crippen LogP contribution >= 0.6 is 0 Å². The van der Waals surface area contributed by atoms with E-state index in [1.807, 2.05) is 12.1 Å². The normalized spacial score (nSPS) is 27.3. The number of carbonyl (C=O) groups excluding carboxylic acids is 1. The van der Waals surface area contributed by atoms with Crippen LogP contribution in [0.4, 0.5) is 0 Å². The van der Waals surface area contributed by atoms with E-state index < -0.39 is 5.79 Å². The van der Waals surface area contributed by atoms with E-state index in [2.05, 4.69) is 11.0 Å². The van der Waals surface area contributed by atoms with Gasteiger partial charge in [-0.05, 0) is 36.1 Å². The Labute approximate surface area is 141 Å². The van der Waals surface area contributed by atoms with Crippen molar-refractivity contribution in [3.8, 4) is 5.75 Å². The molecule has 4 aliphatic rings. The van der Waals surface area contributed by atoms with Crippen LogP contribution in [-0.2, 0) is 20.7 Å². The molecule has 2 saturated heterocycles. The minimum atomic E-state index is -0.561. The highest BCUT2D eigenvalue weighted by Crippen LogP contribution is 2.48. The van der Waals surface area contributed by atoms with Gasteiger partial charge in [-0.1, -0.05) is 6.07 Å². The lowest BCUT2D eigenvalue weighted by Crippen LogP contribution is -2.49. The summed E-state index contributed by atoms with van der Waals surface area (Å²) < 4.78 is 17.2. The van der Waals surface area contributed by atoms with Gasteiger partial charge in [-0.15, -0.1) is 0 Å².